The minimum Gasteiger partial charge on any atom is -0.622 e. The van der Waals surface area contributed by atoms with Crippen molar-refractivity contribution < 1.29 is 4.74 Å². The largest absolute Gasteiger partial charge is 0.622 e. The summed E-state index contributed by atoms with van der Waals surface area (Å²) >= 11 is 6.06. The fourth-order valence-corrected chi connectivity index (χ4v) is 2.59. The number of likely N-dealkylation sites (N-methyl/N-ethyl adjacent to an activating group) is 1. The molecular formula is C14H15ClN4O. The van der Waals surface area contributed by atoms with Crippen LogP contribution in [0.2, 0.25) is 5.02 Å². The zero-order valence-corrected chi connectivity index (χ0v) is 11.7. The maximum atomic E-state index is 12.6. The molecule has 0 fully saturated rings. The van der Waals surface area contributed by atoms with Crippen LogP contribution in [0.5, 0.6) is 0 Å². The molecule has 3 N–H and O–H groups in total. The summed E-state index contributed by atoms with van der Waals surface area (Å²) in [5.41, 5.74) is 3.10. The lowest BCUT2D eigenvalue weighted by molar-refractivity contribution is -0.491. The van der Waals surface area contributed by atoms with Gasteiger partial charge in [-0.2, -0.15) is 4.74 Å². The number of aromatic nitrogens is 1. The van der Waals surface area contributed by atoms with Gasteiger partial charge in [-0.05, 0) is 37.4 Å². The van der Waals surface area contributed by atoms with Gasteiger partial charge in [-0.25, -0.2) is 0 Å². The molecule has 0 saturated carbocycles. The predicted molar refractivity (Wildman–Crippen MR) is 80.4 cm³/mol. The SMILES string of the molecule is CNCC1Nc2ccc(Cl)cc2C(c2ccc[nH]2)=[N+]1[O-]. The Balaban J connectivity index is 2.18. The van der Waals surface area contributed by atoms with Gasteiger partial charge in [-0.3, -0.25) is 0 Å². The Labute approximate surface area is 121 Å². The molecule has 1 aliphatic rings. The molecule has 0 radical (unpaired) electrons. The van der Waals surface area contributed by atoms with E-state index in [0.717, 1.165) is 21.7 Å². The van der Waals surface area contributed by atoms with Gasteiger partial charge in [0.25, 0.3) is 0 Å². The lowest BCUT2D eigenvalue weighted by atomic mass is 10.0. The van der Waals surface area contributed by atoms with Crippen LogP contribution >= 0.6 is 11.6 Å². The molecule has 0 bridgehead atoms. The maximum absolute atomic E-state index is 12.6. The number of halogens is 1. The number of hydrogen-bond acceptors (Lipinski definition) is 3. The number of hydrogen-bond donors (Lipinski definition) is 3. The van der Waals surface area contributed by atoms with Crippen LogP contribution in [0, 0.1) is 5.21 Å². The predicted octanol–water partition coefficient (Wildman–Crippen LogP) is 1.99. The zero-order valence-electron chi connectivity index (χ0n) is 11.0. The van der Waals surface area contributed by atoms with Crippen LogP contribution in [-0.2, 0) is 0 Å². The fourth-order valence-electron chi connectivity index (χ4n) is 2.42. The monoisotopic (exact) mass is 290 g/mol. The second-order valence-corrected chi connectivity index (χ2v) is 5.10. The molecule has 0 aliphatic carbocycles. The van der Waals surface area contributed by atoms with Gasteiger partial charge in [0.15, 0.2) is 0 Å². The Morgan fingerprint density at radius 2 is 2.25 bits per heavy atom. The molecule has 5 nitrogen and oxygen atoms in total. The van der Waals surface area contributed by atoms with Gasteiger partial charge in [0, 0.05) is 11.2 Å². The normalized spacial score (nSPS) is 17.8. The summed E-state index contributed by atoms with van der Waals surface area (Å²) in [4.78, 5) is 3.09. The number of nitrogens with one attached hydrogen (secondary N) is 3. The standard InChI is InChI=1S/C14H15ClN4O/c1-16-8-13-18-11-5-4-9(15)7-10(11)14(19(13)20)12-3-2-6-17-12/h2-7,13,16-18H,8H2,1H3. The molecule has 1 aliphatic heterocycles. The molecule has 1 aromatic carbocycles. The summed E-state index contributed by atoms with van der Waals surface area (Å²) < 4.78 is 0.987. The number of fused-ring (bicyclic) bond motifs is 1. The van der Waals surface area contributed by atoms with E-state index in [2.05, 4.69) is 15.6 Å². The molecule has 3 rings (SSSR count). The number of rotatable bonds is 3. The van der Waals surface area contributed by atoms with Crippen molar-refractivity contribution in [3.05, 3.63) is 58.0 Å². The van der Waals surface area contributed by atoms with E-state index in [-0.39, 0.29) is 6.17 Å². The van der Waals surface area contributed by atoms with E-state index in [4.69, 9.17) is 11.6 Å². The first-order chi connectivity index (χ1) is 9.70. The van der Waals surface area contributed by atoms with Gasteiger partial charge in [0.05, 0.1) is 17.8 Å². The second kappa shape index (κ2) is 5.19. The Morgan fingerprint density at radius 3 is 2.95 bits per heavy atom. The van der Waals surface area contributed by atoms with Crippen molar-refractivity contribution in [2.24, 2.45) is 0 Å². The van der Waals surface area contributed by atoms with Crippen molar-refractivity contribution in [1.29, 1.82) is 0 Å². The Hall–Kier alpha value is -1.98. The third-order valence-corrected chi connectivity index (χ3v) is 3.55. The smallest absolute Gasteiger partial charge is 0.249 e. The topological polar surface area (TPSA) is 65.9 Å². The highest BCUT2D eigenvalue weighted by molar-refractivity contribution is 6.31. The van der Waals surface area contributed by atoms with Gasteiger partial charge in [-0.15, -0.1) is 0 Å². The van der Waals surface area contributed by atoms with E-state index in [0.29, 0.717) is 17.3 Å². The van der Waals surface area contributed by atoms with Crippen molar-refractivity contribution >= 4 is 23.0 Å². The Bertz CT molecular complexity index is 651. The van der Waals surface area contributed by atoms with Crippen LogP contribution in [0.4, 0.5) is 5.69 Å². The van der Waals surface area contributed by atoms with Crippen LogP contribution in [-0.4, -0.2) is 35.2 Å². The molecule has 1 atom stereocenters. The molecule has 0 saturated heterocycles. The average Bonchev–Trinajstić information content (AvgIpc) is 2.94. The van der Waals surface area contributed by atoms with Crippen molar-refractivity contribution in [2.45, 2.75) is 6.17 Å². The lowest BCUT2D eigenvalue weighted by Gasteiger charge is -2.27. The summed E-state index contributed by atoms with van der Waals surface area (Å²) in [6.45, 7) is 0.537. The zero-order chi connectivity index (χ0) is 14.1. The van der Waals surface area contributed by atoms with Gasteiger partial charge < -0.3 is 20.8 Å². The van der Waals surface area contributed by atoms with Gasteiger partial charge in [0.1, 0.15) is 5.69 Å². The molecule has 0 spiro atoms. The number of benzene rings is 1. The lowest BCUT2D eigenvalue weighted by Crippen LogP contribution is -2.45. The van der Waals surface area contributed by atoms with Crippen molar-refractivity contribution in [1.82, 2.24) is 10.3 Å². The Morgan fingerprint density at radius 1 is 1.40 bits per heavy atom. The molecule has 2 heterocycles. The molecule has 104 valence electrons. The van der Waals surface area contributed by atoms with Gasteiger partial charge in [0.2, 0.25) is 11.9 Å². The highest BCUT2D eigenvalue weighted by atomic mass is 35.5. The third-order valence-electron chi connectivity index (χ3n) is 3.31. The Kier molecular flexibility index (Phi) is 3.38. The van der Waals surface area contributed by atoms with E-state index in [1.807, 2.05) is 31.3 Å². The van der Waals surface area contributed by atoms with Crippen LogP contribution in [0.1, 0.15) is 11.3 Å². The number of anilines is 1. The minimum atomic E-state index is -0.355. The van der Waals surface area contributed by atoms with E-state index in [9.17, 15) is 5.21 Å². The van der Waals surface area contributed by atoms with Gasteiger partial charge in [-0.1, -0.05) is 11.6 Å². The summed E-state index contributed by atoms with van der Waals surface area (Å²) in [5, 5.41) is 19.5. The third kappa shape index (κ3) is 2.15. The molecular weight excluding hydrogens is 276 g/mol. The van der Waals surface area contributed by atoms with Crippen LogP contribution in [0.25, 0.3) is 0 Å². The van der Waals surface area contributed by atoms with Crippen molar-refractivity contribution in [3.63, 3.8) is 0 Å². The van der Waals surface area contributed by atoms with Crippen LogP contribution < -0.4 is 10.6 Å². The summed E-state index contributed by atoms with van der Waals surface area (Å²) in [6.07, 6.45) is 1.45. The molecule has 1 unspecified atom stereocenters. The molecule has 1 aromatic heterocycles. The first-order valence-corrected chi connectivity index (χ1v) is 6.76. The molecule has 20 heavy (non-hydrogen) atoms. The number of H-pyrrole nitrogens is 1. The quantitative estimate of drug-likeness (QED) is 0.598. The molecule has 6 heteroatoms. The average molecular weight is 291 g/mol. The highest BCUT2D eigenvalue weighted by Gasteiger charge is 2.31. The van der Waals surface area contributed by atoms with Crippen molar-refractivity contribution in [3.8, 4) is 0 Å². The fraction of sp³-hybridized carbons (Fsp3) is 0.214. The first kappa shape index (κ1) is 13.0. The number of nitrogens with zero attached hydrogens (tertiary/aromatic N) is 1. The number of aromatic amines is 1. The van der Waals surface area contributed by atoms with E-state index >= 15 is 0 Å². The maximum Gasteiger partial charge on any atom is 0.249 e. The molecule has 2 aromatic rings. The van der Waals surface area contributed by atoms with Crippen LogP contribution in [0.3, 0.4) is 0 Å². The van der Waals surface area contributed by atoms with E-state index in [1.54, 1.807) is 12.3 Å². The number of hydroxylamine groups is 1. The highest BCUT2D eigenvalue weighted by Crippen LogP contribution is 2.27. The molecule has 0 amide bonds. The van der Waals surface area contributed by atoms with E-state index in [1.165, 1.54) is 0 Å². The summed E-state index contributed by atoms with van der Waals surface area (Å²) in [6, 6.07) is 9.27. The van der Waals surface area contributed by atoms with Gasteiger partial charge >= 0.3 is 0 Å². The second-order valence-electron chi connectivity index (χ2n) is 4.67. The van der Waals surface area contributed by atoms with Crippen LogP contribution in [0.15, 0.2) is 36.5 Å². The minimum absolute atomic E-state index is 0.355. The summed E-state index contributed by atoms with van der Waals surface area (Å²) in [7, 11) is 1.82. The first-order valence-electron chi connectivity index (χ1n) is 6.39. The summed E-state index contributed by atoms with van der Waals surface area (Å²) in [5.74, 6) is 0. The van der Waals surface area contributed by atoms with Crippen molar-refractivity contribution in [2.75, 3.05) is 18.9 Å². The van der Waals surface area contributed by atoms with E-state index < -0.39 is 0 Å².